The minimum absolute atomic E-state index is 0.0148. The van der Waals surface area contributed by atoms with Crippen LogP contribution in [0, 0.1) is 0 Å². The third-order valence-electron chi connectivity index (χ3n) is 5.34. The molecule has 0 saturated heterocycles. The van der Waals surface area contributed by atoms with Crippen molar-refractivity contribution in [2.24, 2.45) is 0 Å². The molecule has 5 heteroatoms. The lowest BCUT2D eigenvalue weighted by atomic mass is 9.82. The molecule has 0 unspecified atom stereocenters. The van der Waals surface area contributed by atoms with Gasteiger partial charge in [0.2, 0.25) is 0 Å². The summed E-state index contributed by atoms with van der Waals surface area (Å²) in [7, 11) is 4.16. The van der Waals surface area contributed by atoms with E-state index < -0.39 is 0 Å². The monoisotopic (exact) mass is 400 g/mol. The summed E-state index contributed by atoms with van der Waals surface area (Å²) in [6.45, 7) is 0.961. The topological polar surface area (TPSA) is 55.6 Å². The van der Waals surface area contributed by atoms with E-state index in [9.17, 15) is 4.79 Å². The van der Waals surface area contributed by atoms with Crippen molar-refractivity contribution in [3.8, 4) is 0 Å². The number of rotatable bonds is 6. The van der Waals surface area contributed by atoms with Crippen molar-refractivity contribution in [2.45, 2.75) is 50.7 Å². The minimum atomic E-state index is -0.197. The van der Waals surface area contributed by atoms with Crippen LogP contribution in [0.5, 0.6) is 0 Å². The molecule has 0 radical (unpaired) electrons. The molecule has 2 aromatic carbocycles. The van der Waals surface area contributed by atoms with Crippen LogP contribution < -0.4 is 5.73 Å². The van der Waals surface area contributed by atoms with Gasteiger partial charge < -0.3 is 15.4 Å². The molecule has 1 aliphatic rings. The molecule has 1 aliphatic carbocycles. The Labute approximate surface area is 172 Å². The van der Waals surface area contributed by atoms with Crippen LogP contribution in [0.3, 0.4) is 0 Å². The number of hydrogen-bond acceptors (Lipinski definition) is 4. The van der Waals surface area contributed by atoms with Gasteiger partial charge in [0.25, 0.3) is 0 Å². The predicted octanol–water partition coefficient (Wildman–Crippen LogP) is 4.80. The second-order valence-corrected chi connectivity index (χ2v) is 8.38. The molecule has 2 aromatic rings. The fraction of sp³-hybridized carbons (Fsp3) is 0.435. The zero-order valence-corrected chi connectivity index (χ0v) is 17.4. The molecule has 0 atom stereocenters. The molecule has 0 aliphatic heterocycles. The Morgan fingerprint density at radius 2 is 1.71 bits per heavy atom. The van der Waals surface area contributed by atoms with Crippen molar-refractivity contribution in [1.29, 1.82) is 0 Å². The summed E-state index contributed by atoms with van der Waals surface area (Å²) in [4.78, 5) is 14.4. The largest absolute Gasteiger partial charge is 0.462 e. The SMILES string of the molecule is CN(C)Cc1ccc([C@H]2CC[C@H](OC(=O)Cc3ccc(N)c(Cl)c3)CC2)cc1. The first-order valence-corrected chi connectivity index (χ1v) is 10.3. The van der Waals surface area contributed by atoms with Gasteiger partial charge >= 0.3 is 5.97 Å². The molecule has 28 heavy (non-hydrogen) atoms. The molecular formula is C23H29ClN2O2. The summed E-state index contributed by atoms with van der Waals surface area (Å²) in [5.41, 5.74) is 9.78. The lowest BCUT2D eigenvalue weighted by Crippen LogP contribution is -2.24. The van der Waals surface area contributed by atoms with Gasteiger partial charge in [-0.1, -0.05) is 41.9 Å². The minimum Gasteiger partial charge on any atom is -0.462 e. The van der Waals surface area contributed by atoms with Crippen LogP contribution in [0.4, 0.5) is 5.69 Å². The zero-order valence-electron chi connectivity index (χ0n) is 16.7. The molecule has 0 amide bonds. The van der Waals surface area contributed by atoms with Gasteiger partial charge in [-0.2, -0.15) is 0 Å². The quantitative estimate of drug-likeness (QED) is 0.559. The Bertz CT molecular complexity index is 797. The van der Waals surface area contributed by atoms with E-state index in [0.717, 1.165) is 37.8 Å². The molecule has 4 nitrogen and oxygen atoms in total. The first-order valence-electron chi connectivity index (χ1n) is 9.87. The Morgan fingerprint density at radius 3 is 2.32 bits per heavy atom. The summed E-state index contributed by atoms with van der Waals surface area (Å²) < 4.78 is 5.69. The highest BCUT2D eigenvalue weighted by Gasteiger charge is 2.25. The van der Waals surface area contributed by atoms with Gasteiger partial charge in [0.1, 0.15) is 6.10 Å². The predicted molar refractivity (Wildman–Crippen MR) is 114 cm³/mol. The van der Waals surface area contributed by atoms with Crippen molar-refractivity contribution in [2.75, 3.05) is 19.8 Å². The Kier molecular flexibility index (Phi) is 6.97. The maximum absolute atomic E-state index is 12.3. The van der Waals surface area contributed by atoms with Crippen molar-refractivity contribution >= 4 is 23.3 Å². The lowest BCUT2D eigenvalue weighted by molar-refractivity contribution is -0.149. The van der Waals surface area contributed by atoms with Crippen LogP contribution in [0.1, 0.15) is 48.3 Å². The standard InChI is InChI=1S/C23H29ClN2O2/c1-26(2)15-16-3-6-18(7-4-16)19-8-10-20(11-9-19)28-23(27)14-17-5-12-22(25)21(24)13-17/h3-7,12-13,19-20H,8-11,14-15,25H2,1-2H3/t19-,20-. The number of carbonyl (C=O) groups excluding carboxylic acids is 1. The average molecular weight is 401 g/mol. The summed E-state index contributed by atoms with van der Waals surface area (Å²) in [6.07, 6.45) is 4.18. The van der Waals surface area contributed by atoms with Crippen LogP contribution in [-0.4, -0.2) is 31.1 Å². The van der Waals surface area contributed by atoms with Gasteiger partial charge in [-0.25, -0.2) is 0 Å². The van der Waals surface area contributed by atoms with Gasteiger partial charge in [-0.15, -0.1) is 0 Å². The smallest absolute Gasteiger partial charge is 0.310 e. The molecule has 2 N–H and O–H groups in total. The van der Waals surface area contributed by atoms with Crippen LogP contribution in [0.15, 0.2) is 42.5 Å². The normalized spacial score (nSPS) is 19.6. The van der Waals surface area contributed by atoms with Crippen LogP contribution in [0.2, 0.25) is 5.02 Å². The molecule has 0 heterocycles. The van der Waals surface area contributed by atoms with Crippen molar-refractivity contribution in [3.63, 3.8) is 0 Å². The number of nitrogens with two attached hydrogens (primary N) is 1. The van der Waals surface area contributed by atoms with Crippen LogP contribution in [-0.2, 0) is 22.5 Å². The third kappa shape index (κ3) is 5.73. The molecule has 150 valence electrons. The Morgan fingerprint density at radius 1 is 1.07 bits per heavy atom. The van der Waals surface area contributed by atoms with Crippen molar-refractivity contribution in [1.82, 2.24) is 4.90 Å². The van der Waals surface area contributed by atoms with Gasteiger partial charge in [-0.05, 0) is 74.5 Å². The zero-order chi connectivity index (χ0) is 20.1. The number of hydrogen-bond donors (Lipinski definition) is 1. The lowest BCUT2D eigenvalue weighted by Gasteiger charge is -2.28. The van der Waals surface area contributed by atoms with E-state index in [2.05, 4.69) is 43.3 Å². The number of carbonyl (C=O) groups is 1. The summed E-state index contributed by atoms with van der Waals surface area (Å²) >= 11 is 6.02. The highest BCUT2D eigenvalue weighted by atomic mass is 35.5. The number of benzene rings is 2. The fourth-order valence-corrected chi connectivity index (χ4v) is 4.05. The first kappa shape index (κ1) is 20.7. The Balaban J connectivity index is 1.47. The van der Waals surface area contributed by atoms with Gasteiger partial charge in [-0.3, -0.25) is 4.79 Å². The highest BCUT2D eigenvalue weighted by Crippen LogP contribution is 2.34. The maximum atomic E-state index is 12.3. The van der Waals surface area contributed by atoms with E-state index >= 15 is 0 Å². The van der Waals surface area contributed by atoms with E-state index in [1.165, 1.54) is 11.1 Å². The third-order valence-corrected chi connectivity index (χ3v) is 5.66. The second-order valence-electron chi connectivity index (χ2n) is 7.98. The van der Waals surface area contributed by atoms with E-state index in [4.69, 9.17) is 22.1 Å². The van der Waals surface area contributed by atoms with Gasteiger partial charge in [0.15, 0.2) is 0 Å². The first-order chi connectivity index (χ1) is 13.4. The number of nitrogens with zero attached hydrogens (tertiary/aromatic N) is 1. The number of ether oxygens (including phenoxy) is 1. The van der Waals surface area contributed by atoms with E-state index in [-0.39, 0.29) is 18.5 Å². The summed E-state index contributed by atoms with van der Waals surface area (Å²) in [5.74, 6) is 0.358. The van der Waals surface area contributed by atoms with E-state index in [1.807, 2.05) is 6.07 Å². The fourth-order valence-electron chi connectivity index (χ4n) is 3.85. The second kappa shape index (κ2) is 9.44. The van der Waals surface area contributed by atoms with Crippen molar-refractivity contribution < 1.29 is 9.53 Å². The molecule has 0 aromatic heterocycles. The molecular weight excluding hydrogens is 372 g/mol. The molecule has 0 bridgehead atoms. The number of anilines is 1. The van der Waals surface area contributed by atoms with Gasteiger partial charge in [0.05, 0.1) is 17.1 Å². The Hall–Kier alpha value is -2.04. The van der Waals surface area contributed by atoms with Crippen LogP contribution in [0.25, 0.3) is 0 Å². The number of halogens is 1. The summed E-state index contributed by atoms with van der Waals surface area (Å²) in [5, 5.41) is 0.474. The molecule has 1 fully saturated rings. The highest BCUT2D eigenvalue weighted by molar-refractivity contribution is 6.33. The van der Waals surface area contributed by atoms with E-state index in [0.29, 0.717) is 16.6 Å². The van der Waals surface area contributed by atoms with Crippen LogP contribution >= 0.6 is 11.6 Å². The van der Waals surface area contributed by atoms with Crippen molar-refractivity contribution in [3.05, 3.63) is 64.2 Å². The summed E-state index contributed by atoms with van der Waals surface area (Å²) in [6, 6.07) is 14.2. The average Bonchev–Trinajstić information content (AvgIpc) is 2.65. The maximum Gasteiger partial charge on any atom is 0.310 e. The molecule has 0 spiro atoms. The molecule has 3 rings (SSSR count). The van der Waals surface area contributed by atoms with E-state index in [1.54, 1.807) is 12.1 Å². The van der Waals surface area contributed by atoms with Gasteiger partial charge in [0, 0.05) is 6.54 Å². The number of esters is 1. The number of nitrogen functional groups attached to an aromatic ring is 1. The molecule has 1 saturated carbocycles.